The van der Waals surface area contributed by atoms with Crippen LogP contribution in [0.15, 0.2) is 41.5 Å². The maximum absolute atomic E-state index is 14.4. The molecule has 290 valence electrons. The van der Waals surface area contributed by atoms with Crippen LogP contribution in [0.5, 0.6) is 5.75 Å². The van der Waals surface area contributed by atoms with E-state index >= 15 is 0 Å². The number of likely N-dealkylation sites (N-methyl/N-ethyl adjacent to an activating group) is 1. The first-order valence-corrected chi connectivity index (χ1v) is 19.0. The number of likely N-dealkylation sites (tertiary alicyclic amines) is 1. The van der Waals surface area contributed by atoms with Crippen molar-refractivity contribution >= 4 is 17.5 Å². The molecule has 3 aliphatic rings. The molecule has 0 radical (unpaired) electrons. The molecule has 3 fully saturated rings. The fourth-order valence-corrected chi connectivity index (χ4v) is 8.65. The summed E-state index contributed by atoms with van der Waals surface area (Å²) in [5.74, 6) is 0.588. The standard InChI is InChI=1S/C40H60N8O5/c1-23-16-33(24(2)25(3)40(23,5)6)44-39(51)36-35(26(4)49)34(20-42-45-41)53-48(36)21-27-12-11-13-32(37(27)52-10)28-17-29(19-31(18-28)46(7)8)38(50)43-30-14-15-47(9)22-30/h11-13,17-19,23-26,30,33-36,49H,14-16,20-22H2,1-10H3,(H,43,50)(H,44,51)/t23-,24+,25+,26+,30-,33+,34+,35-,36+/m1/s1. The third-order valence-corrected chi connectivity index (χ3v) is 12.7. The number of hydroxylamine groups is 2. The summed E-state index contributed by atoms with van der Waals surface area (Å²) >= 11 is 0. The molecule has 5 rings (SSSR count). The van der Waals surface area contributed by atoms with Gasteiger partial charge in [-0.3, -0.25) is 14.4 Å². The van der Waals surface area contributed by atoms with Crippen molar-refractivity contribution in [1.82, 2.24) is 20.6 Å². The van der Waals surface area contributed by atoms with Gasteiger partial charge < -0.3 is 30.3 Å². The maximum atomic E-state index is 14.4. The smallest absolute Gasteiger partial charge is 0.251 e. The average Bonchev–Trinajstić information content (AvgIpc) is 3.70. The van der Waals surface area contributed by atoms with Crippen molar-refractivity contribution in [3.8, 4) is 16.9 Å². The number of anilines is 1. The molecule has 2 saturated heterocycles. The maximum Gasteiger partial charge on any atom is 0.251 e. The number of aliphatic hydroxyl groups excluding tert-OH is 1. The van der Waals surface area contributed by atoms with E-state index in [4.69, 9.17) is 15.1 Å². The minimum Gasteiger partial charge on any atom is -0.496 e. The van der Waals surface area contributed by atoms with Crippen LogP contribution in [0, 0.1) is 29.1 Å². The van der Waals surface area contributed by atoms with Gasteiger partial charge in [-0.2, -0.15) is 5.06 Å². The van der Waals surface area contributed by atoms with E-state index in [-0.39, 0.29) is 48.3 Å². The number of carbonyl (C=O) groups is 2. The Morgan fingerprint density at radius 1 is 1.19 bits per heavy atom. The first-order valence-electron chi connectivity index (χ1n) is 19.0. The van der Waals surface area contributed by atoms with Crippen LogP contribution in [-0.2, 0) is 16.2 Å². The lowest BCUT2D eigenvalue weighted by molar-refractivity contribution is -0.174. The zero-order valence-corrected chi connectivity index (χ0v) is 33.2. The lowest BCUT2D eigenvalue weighted by Crippen LogP contribution is -2.56. The molecule has 9 atom stereocenters. The predicted octanol–water partition coefficient (Wildman–Crippen LogP) is 5.48. The minimum absolute atomic E-state index is 0.0368. The van der Waals surface area contributed by atoms with Gasteiger partial charge in [0.05, 0.1) is 32.4 Å². The van der Waals surface area contributed by atoms with Crippen LogP contribution in [0.4, 0.5) is 5.69 Å². The molecule has 2 heterocycles. The number of ether oxygens (including phenoxy) is 1. The Morgan fingerprint density at radius 3 is 2.55 bits per heavy atom. The second kappa shape index (κ2) is 16.7. The molecule has 2 amide bonds. The molecule has 0 spiro atoms. The third kappa shape index (κ3) is 8.60. The molecular formula is C40H60N8O5. The van der Waals surface area contributed by atoms with Crippen LogP contribution in [0.3, 0.4) is 0 Å². The van der Waals surface area contributed by atoms with Crippen molar-refractivity contribution < 1.29 is 24.3 Å². The van der Waals surface area contributed by atoms with Crippen LogP contribution < -0.4 is 20.3 Å². The van der Waals surface area contributed by atoms with E-state index in [0.717, 1.165) is 48.3 Å². The summed E-state index contributed by atoms with van der Waals surface area (Å²) in [6.07, 6.45) is 0.116. The molecule has 2 aliphatic heterocycles. The quantitative estimate of drug-likeness (QED) is 0.147. The number of aliphatic hydroxyl groups is 1. The summed E-state index contributed by atoms with van der Waals surface area (Å²) in [5, 5.41) is 23.0. The summed E-state index contributed by atoms with van der Waals surface area (Å²) in [7, 11) is 7.55. The molecule has 1 saturated carbocycles. The number of nitrogens with zero attached hydrogens (tertiary/aromatic N) is 6. The van der Waals surface area contributed by atoms with Gasteiger partial charge >= 0.3 is 0 Å². The van der Waals surface area contributed by atoms with E-state index in [1.54, 1.807) is 19.1 Å². The van der Waals surface area contributed by atoms with Gasteiger partial charge in [-0.1, -0.05) is 57.9 Å². The van der Waals surface area contributed by atoms with Crippen LogP contribution in [-0.4, -0.2) is 105 Å². The normalized spacial score (nSPS) is 29.3. The Kier molecular flexibility index (Phi) is 12.7. The van der Waals surface area contributed by atoms with Crippen molar-refractivity contribution in [3.05, 3.63) is 58.0 Å². The van der Waals surface area contributed by atoms with Gasteiger partial charge in [0, 0.05) is 65.9 Å². The monoisotopic (exact) mass is 732 g/mol. The van der Waals surface area contributed by atoms with E-state index in [1.807, 2.05) is 55.4 Å². The Bertz CT molecular complexity index is 1680. The summed E-state index contributed by atoms with van der Waals surface area (Å²) < 4.78 is 6.08. The molecule has 13 nitrogen and oxygen atoms in total. The molecule has 3 N–H and O–H groups in total. The van der Waals surface area contributed by atoms with Crippen molar-refractivity contribution in [3.63, 3.8) is 0 Å². The van der Waals surface area contributed by atoms with Gasteiger partial charge in [0.2, 0.25) is 5.91 Å². The first kappa shape index (κ1) is 40.3. The molecule has 13 heteroatoms. The molecule has 2 aromatic rings. The SMILES string of the molecule is COc1c(CN2O[C@@H](CN=[N+]=[N-])[C@@H]([C@H](C)O)[C@H]2C(=O)N[C@H]2C[C@@H](C)C(C)(C)[C@@H](C)[C@@H]2C)cccc1-c1cc(C(=O)N[C@@H]2CCN(C)C2)cc(N(C)C)c1. The van der Waals surface area contributed by atoms with Crippen LogP contribution in [0.2, 0.25) is 0 Å². The van der Waals surface area contributed by atoms with Gasteiger partial charge in [-0.05, 0) is 85.8 Å². The number of azide groups is 1. The highest BCUT2D eigenvalue weighted by Gasteiger charge is 2.51. The molecule has 0 unspecified atom stereocenters. The van der Waals surface area contributed by atoms with Crippen molar-refractivity contribution in [1.29, 1.82) is 0 Å². The van der Waals surface area contributed by atoms with E-state index in [2.05, 4.69) is 67.2 Å². The van der Waals surface area contributed by atoms with Gasteiger partial charge in [0.15, 0.2) is 0 Å². The second-order valence-corrected chi connectivity index (χ2v) is 16.5. The molecule has 2 aromatic carbocycles. The Morgan fingerprint density at radius 2 is 1.92 bits per heavy atom. The predicted molar refractivity (Wildman–Crippen MR) is 207 cm³/mol. The van der Waals surface area contributed by atoms with E-state index in [1.165, 1.54) is 0 Å². The highest BCUT2D eigenvalue weighted by molar-refractivity contribution is 5.97. The second-order valence-electron chi connectivity index (χ2n) is 16.5. The van der Waals surface area contributed by atoms with Gasteiger partial charge in [0.1, 0.15) is 11.8 Å². The third-order valence-electron chi connectivity index (χ3n) is 12.7. The van der Waals surface area contributed by atoms with Gasteiger partial charge in [-0.25, -0.2) is 0 Å². The first-order chi connectivity index (χ1) is 25.1. The van der Waals surface area contributed by atoms with Crippen molar-refractivity contribution in [2.45, 2.75) is 91.3 Å². The van der Waals surface area contributed by atoms with E-state index in [9.17, 15) is 14.7 Å². The highest BCUT2D eigenvalue weighted by Crippen LogP contribution is 2.48. The fourth-order valence-electron chi connectivity index (χ4n) is 8.65. The number of para-hydroxylation sites is 1. The van der Waals surface area contributed by atoms with E-state index in [0.29, 0.717) is 23.1 Å². The zero-order valence-electron chi connectivity index (χ0n) is 33.2. The number of benzene rings is 2. The van der Waals surface area contributed by atoms with Crippen molar-refractivity contribution in [2.24, 2.45) is 34.2 Å². The number of rotatable bonds is 12. The number of amides is 2. The number of hydrogen-bond donors (Lipinski definition) is 3. The van der Waals surface area contributed by atoms with Crippen molar-refractivity contribution in [2.75, 3.05) is 52.8 Å². The van der Waals surface area contributed by atoms with Crippen LogP contribution in [0.25, 0.3) is 21.6 Å². The Balaban J connectivity index is 1.48. The number of carbonyl (C=O) groups excluding carboxylic acids is 2. The summed E-state index contributed by atoms with van der Waals surface area (Å²) in [6.45, 7) is 14.8. The topological polar surface area (TPSA) is 155 Å². The van der Waals surface area contributed by atoms with Gasteiger partial charge in [-0.15, -0.1) is 0 Å². The molecule has 0 bridgehead atoms. The number of hydrogen-bond acceptors (Lipinski definition) is 9. The fraction of sp³-hybridized carbons (Fsp3) is 0.650. The van der Waals surface area contributed by atoms with Gasteiger partial charge in [0.25, 0.3) is 5.91 Å². The lowest BCUT2D eigenvalue weighted by Gasteiger charge is -2.50. The average molecular weight is 733 g/mol. The zero-order chi connectivity index (χ0) is 38.8. The Labute approximate surface area is 315 Å². The summed E-state index contributed by atoms with van der Waals surface area (Å²) in [4.78, 5) is 41.5. The number of methoxy groups -OCH3 is 1. The largest absolute Gasteiger partial charge is 0.496 e. The summed E-state index contributed by atoms with van der Waals surface area (Å²) in [5.41, 5.74) is 13.1. The van der Waals surface area contributed by atoms with E-state index < -0.39 is 24.2 Å². The Hall–Kier alpha value is -3.87. The lowest BCUT2D eigenvalue weighted by atomic mass is 9.58. The molecule has 1 aliphatic carbocycles. The minimum atomic E-state index is -0.925. The summed E-state index contributed by atoms with van der Waals surface area (Å²) in [6, 6.07) is 10.8. The molecule has 0 aromatic heterocycles. The van der Waals surface area contributed by atoms with Crippen LogP contribution >= 0.6 is 0 Å². The van der Waals surface area contributed by atoms with Crippen LogP contribution in [0.1, 0.15) is 70.3 Å². The molecule has 53 heavy (non-hydrogen) atoms. The number of nitrogens with one attached hydrogen (secondary N) is 2. The highest BCUT2D eigenvalue weighted by atomic mass is 16.7. The molecular weight excluding hydrogens is 672 g/mol.